The van der Waals surface area contributed by atoms with Gasteiger partial charge in [0.1, 0.15) is 0 Å². The molecular weight excluding hydrogens is 344 g/mol. The van der Waals surface area contributed by atoms with E-state index >= 15 is 0 Å². The molecule has 2 heterocycles. The number of H-pyrrole nitrogens is 1. The molecule has 3 N–H and O–H groups in total. The molecule has 140 valence electrons. The first-order chi connectivity index (χ1) is 13.1. The number of aromatic nitrogens is 1. The molecule has 3 aromatic rings. The zero-order valence-electron chi connectivity index (χ0n) is 14.9. The molecule has 1 atom stereocenters. The molecule has 2 aromatic carbocycles. The van der Waals surface area contributed by atoms with Gasteiger partial charge < -0.3 is 15.4 Å². The van der Waals surface area contributed by atoms with Gasteiger partial charge in [0.05, 0.1) is 17.1 Å². The van der Waals surface area contributed by atoms with Gasteiger partial charge in [0.25, 0.3) is 5.69 Å². The lowest BCUT2D eigenvalue weighted by Crippen LogP contribution is -2.26. The molecule has 7 heteroatoms. The minimum absolute atomic E-state index is 0.0452. The zero-order chi connectivity index (χ0) is 18.8. The first-order valence-electron chi connectivity index (χ1n) is 9.06. The lowest BCUT2D eigenvalue weighted by Gasteiger charge is -2.17. The van der Waals surface area contributed by atoms with Gasteiger partial charge >= 0.3 is 0 Å². The minimum Gasteiger partial charge on any atom is -0.391 e. The Morgan fingerprint density at radius 2 is 2.11 bits per heavy atom. The monoisotopic (exact) mass is 366 g/mol. The third-order valence-corrected chi connectivity index (χ3v) is 5.16. The van der Waals surface area contributed by atoms with Gasteiger partial charge in [0, 0.05) is 54.5 Å². The molecule has 0 saturated carbocycles. The van der Waals surface area contributed by atoms with Crippen LogP contribution in [0.5, 0.6) is 0 Å². The molecule has 0 bridgehead atoms. The molecule has 1 fully saturated rings. The summed E-state index contributed by atoms with van der Waals surface area (Å²) in [5.41, 5.74) is 3.44. The largest absolute Gasteiger partial charge is 0.391 e. The number of aliphatic hydroxyl groups is 1. The second kappa shape index (κ2) is 7.38. The Hall–Kier alpha value is -2.90. The summed E-state index contributed by atoms with van der Waals surface area (Å²) in [5, 5.41) is 25.1. The van der Waals surface area contributed by atoms with Crippen LogP contribution < -0.4 is 5.32 Å². The van der Waals surface area contributed by atoms with Crippen LogP contribution in [-0.2, 0) is 13.2 Å². The van der Waals surface area contributed by atoms with Crippen LogP contribution in [-0.4, -0.2) is 39.0 Å². The van der Waals surface area contributed by atoms with E-state index in [4.69, 9.17) is 0 Å². The summed E-state index contributed by atoms with van der Waals surface area (Å²) in [5.74, 6) is 0. The fourth-order valence-electron chi connectivity index (χ4n) is 3.79. The first kappa shape index (κ1) is 17.5. The molecular formula is C20H22N4O3. The van der Waals surface area contributed by atoms with E-state index in [1.807, 2.05) is 6.07 Å². The summed E-state index contributed by atoms with van der Waals surface area (Å²) in [6.07, 6.45) is 3.06. The number of para-hydroxylation sites is 1. The van der Waals surface area contributed by atoms with Gasteiger partial charge in [-0.2, -0.15) is 0 Å². The number of anilines is 1. The smallest absolute Gasteiger partial charge is 0.276 e. The van der Waals surface area contributed by atoms with Crippen molar-refractivity contribution in [3.8, 4) is 0 Å². The van der Waals surface area contributed by atoms with Crippen molar-refractivity contribution in [3.63, 3.8) is 0 Å². The van der Waals surface area contributed by atoms with E-state index in [0.29, 0.717) is 5.56 Å². The summed E-state index contributed by atoms with van der Waals surface area (Å²) >= 11 is 0. The number of aromatic amines is 1. The highest BCUT2D eigenvalue weighted by molar-refractivity contribution is 5.82. The summed E-state index contributed by atoms with van der Waals surface area (Å²) < 4.78 is 0. The molecule has 27 heavy (non-hydrogen) atoms. The summed E-state index contributed by atoms with van der Waals surface area (Å²) in [6, 6.07) is 13.4. The van der Waals surface area contributed by atoms with Gasteiger partial charge in [-0.1, -0.05) is 18.2 Å². The van der Waals surface area contributed by atoms with Crippen molar-refractivity contribution < 1.29 is 10.0 Å². The Morgan fingerprint density at radius 1 is 1.26 bits per heavy atom. The van der Waals surface area contributed by atoms with Crippen molar-refractivity contribution in [1.29, 1.82) is 0 Å². The third-order valence-electron chi connectivity index (χ3n) is 5.16. The number of hydrogen-bond acceptors (Lipinski definition) is 5. The van der Waals surface area contributed by atoms with Crippen molar-refractivity contribution in [2.24, 2.45) is 0 Å². The van der Waals surface area contributed by atoms with Gasteiger partial charge in [-0.25, -0.2) is 0 Å². The normalized spacial score (nSPS) is 17.4. The van der Waals surface area contributed by atoms with Crippen LogP contribution in [0.3, 0.4) is 0 Å². The molecule has 7 nitrogen and oxygen atoms in total. The van der Waals surface area contributed by atoms with E-state index in [-0.39, 0.29) is 18.3 Å². The maximum Gasteiger partial charge on any atom is 0.276 e. The van der Waals surface area contributed by atoms with E-state index < -0.39 is 4.92 Å². The molecule has 0 spiro atoms. The zero-order valence-corrected chi connectivity index (χ0v) is 14.9. The average Bonchev–Trinajstić information content (AvgIpc) is 3.29. The van der Waals surface area contributed by atoms with E-state index in [9.17, 15) is 15.2 Å². The average molecular weight is 366 g/mol. The van der Waals surface area contributed by atoms with Gasteiger partial charge in [-0.3, -0.25) is 15.0 Å². The predicted octanol–water partition coefficient (Wildman–Crippen LogP) is 3.25. The Balaban J connectivity index is 1.41. The number of nitrogens with zero attached hydrogens (tertiary/aromatic N) is 2. The van der Waals surface area contributed by atoms with E-state index in [0.717, 1.165) is 37.3 Å². The Bertz CT molecular complexity index is 969. The number of rotatable bonds is 6. The standard InChI is InChI=1S/C20H22N4O3/c25-13-14-5-6-16(9-20(14)24(26)27)22-17-7-8-23(12-17)11-15-10-21-19-4-2-1-3-18(15)19/h1-6,9-10,17,21-22,25H,7-8,11-13H2/t17-/m1/s1. The van der Waals surface area contributed by atoms with Gasteiger partial charge in [0.2, 0.25) is 0 Å². The number of aliphatic hydroxyl groups excluding tert-OH is 1. The summed E-state index contributed by atoms with van der Waals surface area (Å²) in [4.78, 5) is 16.4. The number of hydrogen-bond donors (Lipinski definition) is 3. The summed E-state index contributed by atoms with van der Waals surface area (Å²) in [7, 11) is 0. The Morgan fingerprint density at radius 3 is 2.93 bits per heavy atom. The molecule has 1 aromatic heterocycles. The fourth-order valence-corrected chi connectivity index (χ4v) is 3.79. The number of fused-ring (bicyclic) bond motifs is 1. The van der Waals surface area contributed by atoms with Crippen LogP contribution in [0.15, 0.2) is 48.7 Å². The molecule has 0 radical (unpaired) electrons. The Kier molecular flexibility index (Phi) is 4.79. The fraction of sp³-hybridized carbons (Fsp3) is 0.300. The second-order valence-electron chi connectivity index (χ2n) is 6.98. The minimum atomic E-state index is -0.450. The van der Waals surface area contributed by atoms with Crippen LogP contribution in [0.4, 0.5) is 11.4 Å². The third kappa shape index (κ3) is 3.65. The second-order valence-corrected chi connectivity index (χ2v) is 6.98. The van der Waals surface area contributed by atoms with Gasteiger partial charge in [0.15, 0.2) is 0 Å². The Labute approximate surface area is 156 Å². The number of nitro groups is 1. The van der Waals surface area contributed by atoms with Crippen molar-refractivity contribution in [1.82, 2.24) is 9.88 Å². The highest BCUT2D eigenvalue weighted by Gasteiger charge is 2.24. The number of benzene rings is 2. The molecule has 0 aliphatic carbocycles. The lowest BCUT2D eigenvalue weighted by molar-refractivity contribution is -0.385. The van der Waals surface area contributed by atoms with E-state index in [2.05, 4.69) is 39.6 Å². The topological polar surface area (TPSA) is 94.4 Å². The SMILES string of the molecule is O=[N+]([O-])c1cc(N[C@@H]2CCN(Cc3c[nH]c4ccccc34)C2)ccc1CO. The van der Waals surface area contributed by atoms with E-state index in [1.165, 1.54) is 17.0 Å². The number of likely N-dealkylation sites (tertiary alicyclic amines) is 1. The molecule has 1 aliphatic heterocycles. The highest BCUT2D eigenvalue weighted by atomic mass is 16.6. The van der Waals surface area contributed by atoms with Crippen molar-refractivity contribution in [2.45, 2.75) is 25.6 Å². The van der Waals surface area contributed by atoms with Crippen LogP contribution in [0, 0.1) is 10.1 Å². The molecule has 0 amide bonds. The maximum atomic E-state index is 11.2. The molecule has 4 rings (SSSR count). The quantitative estimate of drug-likeness (QED) is 0.460. The molecule has 1 aliphatic rings. The molecule has 1 saturated heterocycles. The molecule has 0 unspecified atom stereocenters. The van der Waals surface area contributed by atoms with Crippen LogP contribution in [0.25, 0.3) is 10.9 Å². The maximum absolute atomic E-state index is 11.2. The first-order valence-corrected chi connectivity index (χ1v) is 9.06. The van der Waals surface area contributed by atoms with E-state index in [1.54, 1.807) is 12.1 Å². The van der Waals surface area contributed by atoms with Crippen LogP contribution in [0.2, 0.25) is 0 Å². The highest BCUT2D eigenvalue weighted by Crippen LogP contribution is 2.26. The van der Waals surface area contributed by atoms with Gasteiger partial charge in [-0.15, -0.1) is 0 Å². The van der Waals surface area contributed by atoms with Crippen molar-refractivity contribution in [3.05, 3.63) is 69.9 Å². The summed E-state index contributed by atoms with van der Waals surface area (Å²) in [6.45, 7) is 2.41. The van der Waals surface area contributed by atoms with Crippen molar-refractivity contribution >= 4 is 22.3 Å². The predicted molar refractivity (Wildman–Crippen MR) is 105 cm³/mol. The lowest BCUT2D eigenvalue weighted by atomic mass is 10.1. The number of nitrogens with one attached hydrogen (secondary N) is 2. The number of nitro benzene ring substituents is 1. The van der Waals surface area contributed by atoms with Gasteiger partial charge in [-0.05, 0) is 30.2 Å². The van der Waals surface area contributed by atoms with Crippen LogP contribution >= 0.6 is 0 Å². The van der Waals surface area contributed by atoms with Crippen LogP contribution in [0.1, 0.15) is 17.5 Å². The van der Waals surface area contributed by atoms with Crippen molar-refractivity contribution in [2.75, 3.05) is 18.4 Å².